The van der Waals surface area contributed by atoms with E-state index in [1.165, 1.54) is 6.07 Å². The summed E-state index contributed by atoms with van der Waals surface area (Å²) in [6, 6.07) is 18.1. The Morgan fingerprint density at radius 2 is 1.66 bits per heavy atom. The number of imide groups is 2. The van der Waals surface area contributed by atoms with Gasteiger partial charge < -0.3 is 24.4 Å². The van der Waals surface area contributed by atoms with Gasteiger partial charge >= 0.3 is 0 Å². The second-order valence-corrected chi connectivity index (χ2v) is 20.2. The van der Waals surface area contributed by atoms with E-state index in [-0.39, 0.29) is 36.4 Å². The van der Waals surface area contributed by atoms with Crippen molar-refractivity contribution < 1.29 is 33.3 Å². The van der Waals surface area contributed by atoms with E-state index < -0.39 is 36.8 Å². The van der Waals surface area contributed by atoms with Crippen molar-refractivity contribution in [2.75, 3.05) is 76.5 Å². The molecule has 2 N–H and O–H groups in total. The smallest absolute Gasteiger partial charge is 0.264 e. The fourth-order valence-corrected chi connectivity index (χ4v) is 10.5. The number of hydrogen-bond donors (Lipinski definition) is 2. The standard InChI is InChI=1S/C45H50ClN8O7P/c1-61-37-25-31(12-11-28(37)24-39-48-26-33(46)35(49-39)23-29-7-4-5-10-38(29)62(2,3)60)51-17-15-30(16-18-51)52-19-21-53(22-20-52)41(56)27-47-34-9-6-8-32-42(34)45(59)54(44(32)58)36-13-14-40(55)50-43(36)57/h4-12,25-26,30,36,47H,13-24,27H2,1-3H3,(H,50,55,57). The number of amides is 5. The lowest BCUT2D eigenvalue weighted by Crippen LogP contribution is -2.55. The van der Waals surface area contributed by atoms with Crippen molar-refractivity contribution in [3.63, 3.8) is 0 Å². The molecule has 0 saturated carbocycles. The zero-order valence-electron chi connectivity index (χ0n) is 35.1. The maximum atomic E-state index is 13.5. The number of piperazine rings is 1. The maximum absolute atomic E-state index is 13.5. The molecule has 0 spiro atoms. The van der Waals surface area contributed by atoms with Crippen molar-refractivity contribution >= 4 is 65.0 Å². The van der Waals surface area contributed by atoms with Gasteiger partial charge in [0, 0.05) is 99.1 Å². The van der Waals surface area contributed by atoms with E-state index in [2.05, 4.69) is 43.6 Å². The summed E-state index contributed by atoms with van der Waals surface area (Å²) in [4.78, 5) is 81.1. The quantitative estimate of drug-likeness (QED) is 0.154. The van der Waals surface area contributed by atoms with Crippen LogP contribution >= 0.6 is 18.7 Å². The third-order valence-electron chi connectivity index (χ3n) is 12.3. The molecule has 3 aromatic carbocycles. The van der Waals surface area contributed by atoms with Crippen LogP contribution in [0.25, 0.3) is 0 Å². The lowest BCUT2D eigenvalue weighted by atomic mass is 10.0. The normalized spacial score (nSPS) is 18.8. The van der Waals surface area contributed by atoms with Crippen molar-refractivity contribution in [3.8, 4) is 5.75 Å². The van der Waals surface area contributed by atoms with E-state index in [4.69, 9.17) is 21.3 Å². The minimum atomic E-state index is -2.49. The van der Waals surface area contributed by atoms with E-state index in [0.717, 1.165) is 71.8 Å². The van der Waals surface area contributed by atoms with Crippen LogP contribution in [0.2, 0.25) is 5.02 Å². The molecule has 0 radical (unpaired) electrons. The number of piperidine rings is 2. The largest absolute Gasteiger partial charge is 0.496 e. The van der Waals surface area contributed by atoms with Gasteiger partial charge in [-0.15, -0.1) is 0 Å². The number of hydrogen-bond acceptors (Lipinski definition) is 12. The Kier molecular flexibility index (Phi) is 12.5. The molecule has 5 heterocycles. The van der Waals surface area contributed by atoms with Crippen LogP contribution in [0.5, 0.6) is 5.75 Å². The van der Waals surface area contributed by atoms with Crippen LogP contribution in [-0.2, 0) is 31.8 Å². The summed E-state index contributed by atoms with van der Waals surface area (Å²) in [7, 11) is -0.821. The molecule has 62 heavy (non-hydrogen) atoms. The average Bonchev–Trinajstić information content (AvgIpc) is 3.52. The fraction of sp³-hybridized carbons (Fsp3) is 0.400. The minimum Gasteiger partial charge on any atom is -0.496 e. The number of benzene rings is 3. The van der Waals surface area contributed by atoms with Gasteiger partial charge in [0.1, 0.15) is 24.8 Å². The summed E-state index contributed by atoms with van der Waals surface area (Å²) < 4.78 is 18.8. The second kappa shape index (κ2) is 18.0. The first-order chi connectivity index (χ1) is 29.8. The number of carbonyl (C=O) groups excluding carboxylic acids is 5. The SMILES string of the molecule is COc1cc(N2CCC(N3CCN(C(=O)CNc4cccc5c4C(=O)N(C4CCC(=O)NC4=O)C5=O)CC3)CC2)ccc1Cc1ncc(Cl)c(Cc2ccccc2P(C)(C)=O)n1. The van der Waals surface area contributed by atoms with Crippen LogP contribution < -0.4 is 25.6 Å². The van der Waals surface area contributed by atoms with Crippen LogP contribution in [0.15, 0.2) is 66.9 Å². The number of carbonyl (C=O) groups is 5. The lowest BCUT2D eigenvalue weighted by Gasteiger charge is -2.43. The van der Waals surface area contributed by atoms with Gasteiger partial charge in [-0.2, -0.15) is 0 Å². The molecule has 17 heteroatoms. The Bertz CT molecular complexity index is 2480. The molecule has 15 nitrogen and oxygen atoms in total. The Labute approximate surface area is 365 Å². The summed E-state index contributed by atoms with van der Waals surface area (Å²) in [5, 5.41) is 6.58. The monoisotopic (exact) mass is 880 g/mol. The number of nitrogens with zero attached hydrogens (tertiary/aromatic N) is 6. The summed E-state index contributed by atoms with van der Waals surface area (Å²) in [6.45, 7) is 7.93. The Morgan fingerprint density at radius 3 is 2.39 bits per heavy atom. The predicted octanol–water partition coefficient (Wildman–Crippen LogP) is 4.19. The first-order valence-corrected chi connectivity index (χ1v) is 23.9. The third-order valence-corrected chi connectivity index (χ3v) is 14.2. The van der Waals surface area contributed by atoms with Gasteiger partial charge in [0.2, 0.25) is 17.7 Å². The molecule has 1 unspecified atom stereocenters. The van der Waals surface area contributed by atoms with Crippen molar-refractivity contribution in [3.05, 3.63) is 106 Å². The van der Waals surface area contributed by atoms with Crippen molar-refractivity contribution in [1.29, 1.82) is 0 Å². The molecule has 4 aromatic rings. The zero-order chi connectivity index (χ0) is 43.7. The first-order valence-electron chi connectivity index (χ1n) is 20.9. The molecule has 1 aromatic heterocycles. The highest BCUT2D eigenvalue weighted by atomic mass is 35.5. The van der Waals surface area contributed by atoms with Gasteiger partial charge in [-0.25, -0.2) is 9.97 Å². The van der Waals surface area contributed by atoms with Crippen LogP contribution in [0.1, 0.15) is 69.0 Å². The van der Waals surface area contributed by atoms with Gasteiger partial charge in [-0.3, -0.25) is 39.1 Å². The molecule has 0 bridgehead atoms. The molecular weight excluding hydrogens is 831 g/mol. The number of ether oxygens (including phenoxy) is 1. The summed E-state index contributed by atoms with van der Waals surface area (Å²) in [5.41, 5.74) is 4.32. The maximum Gasteiger partial charge on any atom is 0.264 e. The summed E-state index contributed by atoms with van der Waals surface area (Å²) >= 11 is 6.56. The lowest BCUT2D eigenvalue weighted by molar-refractivity contribution is -0.136. The number of aromatic nitrogens is 2. The molecule has 8 rings (SSSR count). The summed E-state index contributed by atoms with van der Waals surface area (Å²) in [5.74, 6) is -1.04. The number of rotatable bonds is 12. The van der Waals surface area contributed by atoms with Crippen LogP contribution in [0, 0.1) is 0 Å². The molecular formula is C45H50ClN8O7P. The fourth-order valence-electron chi connectivity index (χ4n) is 9.04. The van der Waals surface area contributed by atoms with E-state index in [0.29, 0.717) is 54.2 Å². The van der Waals surface area contributed by atoms with E-state index >= 15 is 0 Å². The number of halogens is 1. The molecule has 324 valence electrons. The van der Waals surface area contributed by atoms with Crippen molar-refractivity contribution in [2.45, 2.75) is 50.6 Å². The van der Waals surface area contributed by atoms with Crippen molar-refractivity contribution in [2.24, 2.45) is 0 Å². The highest BCUT2D eigenvalue weighted by Crippen LogP contribution is 2.37. The number of fused-ring (bicyclic) bond motifs is 1. The average molecular weight is 881 g/mol. The highest BCUT2D eigenvalue weighted by Gasteiger charge is 2.45. The van der Waals surface area contributed by atoms with Crippen LogP contribution in [0.4, 0.5) is 11.4 Å². The predicted molar refractivity (Wildman–Crippen MR) is 236 cm³/mol. The van der Waals surface area contributed by atoms with E-state index in [9.17, 15) is 28.5 Å². The Balaban J connectivity index is 0.820. The molecule has 0 aliphatic carbocycles. The second-order valence-electron chi connectivity index (χ2n) is 16.6. The van der Waals surface area contributed by atoms with Crippen LogP contribution in [0.3, 0.4) is 0 Å². The van der Waals surface area contributed by atoms with Gasteiger partial charge in [-0.05, 0) is 56.4 Å². The van der Waals surface area contributed by atoms with Crippen LogP contribution in [-0.4, -0.2) is 133 Å². The number of methoxy groups -OCH3 is 1. The zero-order valence-corrected chi connectivity index (χ0v) is 36.7. The molecule has 3 fully saturated rings. The Hall–Kier alpha value is -5.63. The molecule has 1 atom stereocenters. The van der Waals surface area contributed by atoms with Gasteiger partial charge in [-0.1, -0.05) is 48.0 Å². The number of nitrogens with one attached hydrogen (secondary N) is 2. The topological polar surface area (TPSA) is 174 Å². The minimum absolute atomic E-state index is 0.0372. The highest BCUT2D eigenvalue weighted by molar-refractivity contribution is 7.70. The molecule has 4 aliphatic heterocycles. The molecule has 3 saturated heterocycles. The van der Waals surface area contributed by atoms with Gasteiger partial charge in [0.05, 0.1) is 35.5 Å². The Morgan fingerprint density at radius 1 is 0.903 bits per heavy atom. The van der Waals surface area contributed by atoms with E-state index in [1.54, 1.807) is 38.8 Å². The molecule has 4 aliphatic rings. The van der Waals surface area contributed by atoms with Gasteiger partial charge in [0.25, 0.3) is 11.8 Å². The first kappa shape index (κ1) is 43.0. The van der Waals surface area contributed by atoms with Crippen molar-refractivity contribution in [1.82, 2.24) is 30.0 Å². The summed E-state index contributed by atoms with van der Waals surface area (Å²) in [6.07, 6.45) is 4.62. The van der Waals surface area contributed by atoms with Gasteiger partial charge in [0.15, 0.2) is 0 Å². The molecule has 5 amide bonds. The van der Waals surface area contributed by atoms with E-state index in [1.807, 2.05) is 29.2 Å². The third kappa shape index (κ3) is 8.97. The number of anilines is 2.